The molecule has 2 unspecified atom stereocenters. The van der Waals surface area contributed by atoms with E-state index in [1.165, 1.54) is 4.88 Å². The molecule has 2 aromatic heterocycles. The van der Waals surface area contributed by atoms with Gasteiger partial charge in [-0.05, 0) is 86.2 Å². The van der Waals surface area contributed by atoms with Crippen molar-refractivity contribution in [3.05, 3.63) is 127 Å². The smallest absolute Gasteiger partial charge is 0.255 e. The molecule has 11 nitrogen and oxygen atoms in total. The molecule has 0 spiro atoms. The number of aryl methyl sites for hydroxylation is 2. The fourth-order valence-corrected chi connectivity index (χ4v) is 8.54. The maximum Gasteiger partial charge on any atom is 0.255 e. The van der Waals surface area contributed by atoms with Gasteiger partial charge in [0.1, 0.15) is 22.9 Å². The van der Waals surface area contributed by atoms with Crippen molar-refractivity contribution < 1.29 is 19.2 Å². The van der Waals surface area contributed by atoms with Gasteiger partial charge in [0.15, 0.2) is 5.82 Å². The number of aromatic nitrogens is 3. The number of halogens is 1. The summed E-state index contributed by atoms with van der Waals surface area (Å²) in [7, 11) is 0. The van der Waals surface area contributed by atoms with Crippen molar-refractivity contribution in [1.82, 2.24) is 25.0 Å². The van der Waals surface area contributed by atoms with Gasteiger partial charge in [-0.25, -0.2) is 0 Å². The average molecular weight is 732 g/mol. The number of aliphatic imine (C=N–C) groups is 1. The number of nitrogens with one attached hydrogen (secondary N) is 2. The minimum Gasteiger partial charge on any atom is -0.326 e. The highest BCUT2D eigenvalue weighted by Gasteiger charge is 2.39. The van der Waals surface area contributed by atoms with Crippen molar-refractivity contribution in [2.45, 2.75) is 65.1 Å². The maximum atomic E-state index is 13.6. The molecule has 5 aromatic rings. The summed E-state index contributed by atoms with van der Waals surface area (Å²) < 4.78 is 2.03. The summed E-state index contributed by atoms with van der Waals surface area (Å²) in [6, 6.07) is 19.8. The highest BCUT2D eigenvalue weighted by Crippen LogP contribution is 2.40. The Balaban J connectivity index is 0.977. The summed E-state index contributed by atoms with van der Waals surface area (Å²) in [5, 5.41) is 15.9. The van der Waals surface area contributed by atoms with Crippen molar-refractivity contribution in [3.63, 3.8) is 0 Å². The zero-order chi connectivity index (χ0) is 36.3. The summed E-state index contributed by atoms with van der Waals surface area (Å²) in [6.07, 6.45) is 1.23. The highest BCUT2D eigenvalue weighted by atomic mass is 35.5. The molecular formula is C39H34ClN7O4S. The number of rotatable bonds is 7. The first-order valence-corrected chi connectivity index (χ1v) is 18.2. The normalized spacial score (nSPS) is 18.0. The lowest BCUT2D eigenvalue weighted by atomic mass is 9.99. The van der Waals surface area contributed by atoms with Crippen LogP contribution in [0.2, 0.25) is 5.02 Å². The number of carbonyl (C=O) groups is 4. The number of hydrogen-bond acceptors (Lipinski definition) is 8. The molecule has 5 heterocycles. The van der Waals surface area contributed by atoms with Crippen molar-refractivity contribution >= 4 is 58.0 Å². The van der Waals surface area contributed by atoms with Crippen LogP contribution in [-0.2, 0) is 27.3 Å². The standard InChI is InChI=1S/C39H34ClN7O4S/c1-20-21(2)52-39-34(20)35(25-7-9-27(40)10-8-25)42-30(36-45-44-22(3)47(36)39)18-33(49)41-28-11-4-23(5-12-28)16-24-6-13-29-26(17-24)19-46(38(29)51)31-14-15-32(48)43-37(31)50/h4-13,17,30-31H,14-16,18-19H2,1-3H3,(H,41,49)(H,43,48,50). The Hall–Kier alpha value is -5.46. The van der Waals surface area contributed by atoms with E-state index in [9.17, 15) is 19.2 Å². The number of hydrogen-bond donors (Lipinski definition) is 2. The van der Waals surface area contributed by atoms with Crippen molar-refractivity contribution in [2.75, 3.05) is 5.32 Å². The third-order valence-electron chi connectivity index (χ3n) is 9.97. The van der Waals surface area contributed by atoms with E-state index in [0.29, 0.717) is 41.5 Å². The van der Waals surface area contributed by atoms with Crippen molar-refractivity contribution in [3.8, 4) is 5.00 Å². The zero-order valence-corrected chi connectivity index (χ0v) is 30.3. The predicted molar refractivity (Wildman–Crippen MR) is 198 cm³/mol. The largest absolute Gasteiger partial charge is 0.326 e. The van der Waals surface area contributed by atoms with E-state index in [1.54, 1.807) is 16.2 Å². The lowest BCUT2D eigenvalue weighted by Crippen LogP contribution is -2.52. The van der Waals surface area contributed by atoms with E-state index in [1.807, 2.05) is 78.2 Å². The molecule has 262 valence electrons. The van der Waals surface area contributed by atoms with Crippen LogP contribution < -0.4 is 10.6 Å². The molecule has 2 N–H and O–H groups in total. The minimum absolute atomic E-state index is 0.0631. The van der Waals surface area contributed by atoms with Crippen LogP contribution in [0.3, 0.4) is 0 Å². The molecule has 13 heteroatoms. The first kappa shape index (κ1) is 33.7. The second-order valence-corrected chi connectivity index (χ2v) is 15.1. The molecule has 8 rings (SSSR count). The number of nitrogens with zero attached hydrogens (tertiary/aromatic N) is 5. The third kappa shape index (κ3) is 6.11. The third-order valence-corrected chi connectivity index (χ3v) is 11.4. The van der Waals surface area contributed by atoms with Crippen molar-refractivity contribution in [2.24, 2.45) is 4.99 Å². The number of thiophene rings is 1. The van der Waals surface area contributed by atoms with Gasteiger partial charge in [0.05, 0.1) is 12.1 Å². The Kier molecular flexibility index (Phi) is 8.59. The molecule has 0 bridgehead atoms. The van der Waals surface area contributed by atoms with E-state index in [-0.39, 0.29) is 30.6 Å². The first-order valence-electron chi connectivity index (χ1n) is 17.1. The fraction of sp³-hybridized carbons (Fsp3) is 0.256. The zero-order valence-electron chi connectivity index (χ0n) is 28.7. The van der Waals surface area contributed by atoms with Gasteiger partial charge in [0.25, 0.3) is 5.91 Å². The number of amides is 4. The van der Waals surface area contributed by atoms with E-state index in [4.69, 9.17) is 16.6 Å². The van der Waals surface area contributed by atoms with Crippen LogP contribution >= 0.6 is 22.9 Å². The van der Waals surface area contributed by atoms with Gasteiger partial charge >= 0.3 is 0 Å². The van der Waals surface area contributed by atoms with Crippen LogP contribution in [-0.4, -0.2) is 55.0 Å². The number of benzene rings is 3. The summed E-state index contributed by atoms with van der Waals surface area (Å²) >= 11 is 7.90. The maximum absolute atomic E-state index is 13.6. The summed E-state index contributed by atoms with van der Waals surface area (Å²) in [4.78, 5) is 58.6. The Morgan fingerprint density at radius 3 is 2.48 bits per heavy atom. The SMILES string of the molecule is Cc1sc2c(c1C)C(c1ccc(Cl)cc1)=NC(CC(=O)Nc1ccc(Cc3ccc4c(c3)CN(C3CCC(=O)NC3=O)C4=O)cc1)c1nnc(C)n1-2. The first-order chi connectivity index (χ1) is 25.0. The molecule has 4 amide bonds. The topological polar surface area (TPSA) is 139 Å². The second kappa shape index (κ2) is 13.3. The molecule has 3 aliphatic heterocycles. The van der Waals surface area contributed by atoms with E-state index >= 15 is 0 Å². The van der Waals surface area contributed by atoms with Gasteiger partial charge in [-0.2, -0.15) is 0 Å². The van der Waals surface area contributed by atoms with Gasteiger partial charge in [-0.3, -0.25) is 34.1 Å². The molecule has 0 saturated carbocycles. The predicted octanol–water partition coefficient (Wildman–Crippen LogP) is 6.18. The van der Waals surface area contributed by atoms with Crippen LogP contribution in [0.5, 0.6) is 0 Å². The monoisotopic (exact) mass is 731 g/mol. The van der Waals surface area contributed by atoms with Gasteiger partial charge in [0, 0.05) is 45.2 Å². The molecular weight excluding hydrogens is 698 g/mol. The quantitative estimate of drug-likeness (QED) is 0.192. The molecule has 2 atom stereocenters. The Morgan fingerprint density at radius 2 is 1.73 bits per heavy atom. The molecule has 3 aromatic carbocycles. The van der Waals surface area contributed by atoms with Crippen molar-refractivity contribution in [1.29, 1.82) is 0 Å². The molecule has 0 radical (unpaired) electrons. The summed E-state index contributed by atoms with van der Waals surface area (Å²) in [5.41, 5.74) is 7.99. The van der Waals surface area contributed by atoms with E-state index in [2.05, 4.69) is 34.7 Å². The number of carbonyl (C=O) groups excluding carboxylic acids is 4. The van der Waals surface area contributed by atoms with Crippen LogP contribution in [0.25, 0.3) is 5.00 Å². The summed E-state index contributed by atoms with van der Waals surface area (Å²) in [6.45, 7) is 6.43. The van der Waals surface area contributed by atoms with Crippen LogP contribution in [0.4, 0.5) is 5.69 Å². The second-order valence-electron chi connectivity index (χ2n) is 13.4. The lowest BCUT2D eigenvalue weighted by Gasteiger charge is -2.29. The van der Waals surface area contributed by atoms with Gasteiger partial charge in [-0.1, -0.05) is 48.0 Å². The van der Waals surface area contributed by atoms with Crippen LogP contribution in [0, 0.1) is 20.8 Å². The number of fused-ring (bicyclic) bond motifs is 4. The molecule has 0 aliphatic carbocycles. The molecule has 52 heavy (non-hydrogen) atoms. The lowest BCUT2D eigenvalue weighted by molar-refractivity contribution is -0.137. The number of imide groups is 1. The number of anilines is 1. The molecule has 3 aliphatic rings. The summed E-state index contributed by atoms with van der Waals surface area (Å²) in [5.74, 6) is 0.224. The minimum atomic E-state index is -0.645. The molecule has 1 fully saturated rings. The van der Waals surface area contributed by atoms with Crippen LogP contribution in [0.15, 0.2) is 71.7 Å². The Morgan fingerprint density at radius 1 is 0.981 bits per heavy atom. The van der Waals surface area contributed by atoms with Gasteiger partial charge < -0.3 is 10.2 Å². The fourth-order valence-electron chi connectivity index (χ4n) is 7.20. The highest BCUT2D eigenvalue weighted by molar-refractivity contribution is 7.15. The Bertz CT molecular complexity index is 2330. The van der Waals surface area contributed by atoms with Gasteiger partial charge in [-0.15, -0.1) is 21.5 Å². The van der Waals surface area contributed by atoms with Gasteiger partial charge in [0.2, 0.25) is 17.7 Å². The van der Waals surface area contributed by atoms with E-state index in [0.717, 1.165) is 49.9 Å². The van der Waals surface area contributed by atoms with E-state index < -0.39 is 18.0 Å². The molecule has 1 saturated heterocycles. The Labute approximate surface area is 308 Å². The van der Waals surface area contributed by atoms with Crippen LogP contribution in [0.1, 0.15) is 85.6 Å². The average Bonchev–Trinajstić information content (AvgIpc) is 3.72. The number of piperidine rings is 1.